The summed E-state index contributed by atoms with van der Waals surface area (Å²) < 4.78 is 68.6. The van der Waals surface area contributed by atoms with E-state index < -0.39 is 63.2 Å². The van der Waals surface area contributed by atoms with Crippen LogP contribution in [0.2, 0.25) is 0 Å². The van der Waals surface area contributed by atoms with E-state index in [1.165, 1.54) is 6.92 Å². The molecule has 212 valence electrons. The lowest BCUT2D eigenvalue weighted by Crippen LogP contribution is -2.25. The van der Waals surface area contributed by atoms with Gasteiger partial charge in [0, 0.05) is 37.7 Å². The Balaban J connectivity index is 1.49. The van der Waals surface area contributed by atoms with Crippen LogP contribution in [0.25, 0.3) is 5.69 Å². The summed E-state index contributed by atoms with van der Waals surface area (Å²) in [5.41, 5.74) is 3.75. The second-order valence-corrected chi connectivity index (χ2v) is 8.71. The highest BCUT2D eigenvalue weighted by atomic mass is 19.1. The Morgan fingerprint density at radius 2 is 1.59 bits per heavy atom. The van der Waals surface area contributed by atoms with Gasteiger partial charge in [-0.05, 0) is 36.8 Å². The van der Waals surface area contributed by atoms with Crippen molar-refractivity contribution in [2.45, 2.75) is 13.3 Å². The average Bonchev–Trinajstić information content (AvgIpc) is 2.90. The van der Waals surface area contributed by atoms with Crippen molar-refractivity contribution in [3.05, 3.63) is 111 Å². The molecular formula is C29H23F4N3O5. The number of para-hydroxylation sites is 2. The lowest BCUT2D eigenvalue weighted by molar-refractivity contribution is -0.131. The topological polar surface area (TPSA) is 113 Å². The second-order valence-electron chi connectivity index (χ2n) is 8.71. The number of ketones is 1. The molecule has 1 aromatic heterocycles. The number of hydrogen-bond acceptors (Lipinski definition) is 7. The van der Waals surface area contributed by atoms with Gasteiger partial charge in [-0.25, -0.2) is 17.6 Å². The number of aromatic nitrogens is 1. The smallest absolute Gasteiger partial charge is 0.308 e. The zero-order valence-electron chi connectivity index (χ0n) is 21.5. The van der Waals surface area contributed by atoms with Crippen molar-refractivity contribution in [3.8, 4) is 17.2 Å². The number of carbonyl (C=O) groups excluding carboxylic acids is 2. The molecule has 0 saturated carbocycles. The number of nitrogen functional groups attached to an aromatic ring is 1. The summed E-state index contributed by atoms with van der Waals surface area (Å²) in [5.74, 6) is -6.45. The van der Waals surface area contributed by atoms with E-state index in [0.29, 0.717) is 35.0 Å². The largest absolute Gasteiger partial charge is 0.493 e. The van der Waals surface area contributed by atoms with Crippen LogP contribution >= 0.6 is 0 Å². The zero-order valence-corrected chi connectivity index (χ0v) is 21.5. The summed E-state index contributed by atoms with van der Waals surface area (Å²) in [6, 6.07) is 12.6. The van der Waals surface area contributed by atoms with Crippen LogP contribution in [0, 0.1) is 23.3 Å². The van der Waals surface area contributed by atoms with Gasteiger partial charge in [0.2, 0.25) is 0 Å². The van der Waals surface area contributed by atoms with Gasteiger partial charge in [0.05, 0.1) is 23.4 Å². The third kappa shape index (κ3) is 6.55. The maximum atomic E-state index is 15.1. The van der Waals surface area contributed by atoms with Gasteiger partial charge in [0.25, 0.3) is 5.56 Å². The summed E-state index contributed by atoms with van der Waals surface area (Å²) in [5, 5.41) is 3.08. The molecule has 1 heterocycles. The quantitative estimate of drug-likeness (QED) is 0.0908. The van der Waals surface area contributed by atoms with Crippen molar-refractivity contribution in [1.82, 2.24) is 4.57 Å². The fourth-order valence-corrected chi connectivity index (χ4v) is 3.98. The molecule has 0 amide bonds. The molecule has 0 aliphatic rings. The Labute approximate surface area is 230 Å². The first-order valence-corrected chi connectivity index (χ1v) is 12.2. The highest BCUT2D eigenvalue weighted by molar-refractivity contribution is 6.11. The van der Waals surface area contributed by atoms with E-state index in [9.17, 15) is 23.2 Å². The highest BCUT2D eigenvalue weighted by Gasteiger charge is 2.23. The van der Waals surface area contributed by atoms with Crippen LogP contribution < -0.4 is 26.1 Å². The van der Waals surface area contributed by atoms with Crippen LogP contribution in [-0.2, 0) is 4.79 Å². The summed E-state index contributed by atoms with van der Waals surface area (Å²) >= 11 is 0. The molecule has 0 saturated heterocycles. The number of benzene rings is 3. The lowest BCUT2D eigenvalue weighted by atomic mass is 10.0. The third-order valence-electron chi connectivity index (χ3n) is 5.81. The summed E-state index contributed by atoms with van der Waals surface area (Å²) in [4.78, 5) is 36.6. The van der Waals surface area contributed by atoms with E-state index in [1.807, 2.05) is 0 Å². The molecule has 0 aliphatic carbocycles. The van der Waals surface area contributed by atoms with Crippen LogP contribution in [0.1, 0.15) is 29.3 Å². The average molecular weight is 570 g/mol. The number of rotatable bonds is 10. The first kappa shape index (κ1) is 28.9. The molecule has 12 heteroatoms. The third-order valence-corrected chi connectivity index (χ3v) is 5.81. The van der Waals surface area contributed by atoms with E-state index >= 15 is 8.78 Å². The molecule has 0 aliphatic heterocycles. The minimum atomic E-state index is -1.21. The Morgan fingerprint density at radius 1 is 0.902 bits per heavy atom. The fraction of sp³-hybridized carbons (Fsp3) is 0.138. The number of pyridine rings is 1. The molecule has 3 N–H and O–H groups in total. The Bertz CT molecular complexity index is 1670. The van der Waals surface area contributed by atoms with Crippen molar-refractivity contribution >= 4 is 23.3 Å². The number of hydrogen-bond donors (Lipinski definition) is 2. The van der Waals surface area contributed by atoms with Gasteiger partial charge in [-0.3, -0.25) is 19.0 Å². The van der Waals surface area contributed by atoms with E-state index in [4.69, 9.17) is 15.2 Å². The van der Waals surface area contributed by atoms with E-state index in [-0.39, 0.29) is 12.4 Å². The zero-order chi connectivity index (χ0) is 29.7. The van der Waals surface area contributed by atoms with Gasteiger partial charge in [-0.1, -0.05) is 12.1 Å². The van der Waals surface area contributed by atoms with Gasteiger partial charge in [0.1, 0.15) is 28.9 Å². The first-order chi connectivity index (χ1) is 19.6. The molecule has 0 bridgehead atoms. The van der Waals surface area contributed by atoms with Crippen LogP contribution in [0.4, 0.5) is 29.1 Å². The Morgan fingerprint density at radius 3 is 2.27 bits per heavy atom. The van der Waals surface area contributed by atoms with E-state index in [2.05, 4.69) is 5.32 Å². The van der Waals surface area contributed by atoms with Crippen molar-refractivity contribution < 1.29 is 36.6 Å². The summed E-state index contributed by atoms with van der Waals surface area (Å²) in [6.45, 7) is 1.71. The number of carbonyl (C=O) groups is 2. The minimum Gasteiger partial charge on any atom is -0.493 e. The maximum absolute atomic E-state index is 15.1. The molecular weight excluding hydrogens is 546 g/mol. The van der Waals surface area contributed by atoms with Crippen molar-refractivity contribution in [2.24, 2.45) is 0 Å². The number of nitrogens with two attached hydrogens (primary N) is 1. The van der Waals surface area contributed by atoms with Gasteiger partial charge >= 0.3 is 5.97 Å². The van der Waals surface area contributed by atoms with Crippen LogP contribution in [0.3, 0.4) is 0 Å². The number of anilines is 2. The van der Waals surface area contributed by atoms with Crippen LogP contribution in [0.15, 0.2) is 71.5 Å². The molecule has 41 heavy (non-hydrogen) atoms. The first-order valence-electron chi connectivity index (χ1n) is 12.2. The van der Waals surface area contributed by atoms with Crippen LogP contribution in [0.5, 0.6) is 11.5 Å². The SMILES string of the molecule is CC(=O)Oc1ccccc1NCCCOc1cc(F)c(-n2c(N)c(C(=O)c3ccc(F)cc3F)ccc2=O)c(F)c1. The van der Waals surface area contributed by atoms with Gasteiger partial charge < -0.3 is 20.5 Å². The number of nitrogens with zero attached hydrogens (tertiary/aromatic N) is 1. The lowest BCUT2D eigenvalue weighted by Gasteiger charge is -2.16. The number of halogens is 4. The monoisotopic (exact) mass is 569 g/mol. The van der Waals surface area contributed by atoms with Crippen molar-refractivity contribution in [2.75, 3.05) is 24.2 Å². The predicted octanol–water partition coefficient (Wildman–Crippen LogP) is 5.01. The molecule has 8 nitrogen and oxygen atoms in total. The normalized spacial score (nSPS) is 10.8. The van der Waals surface area contributed by atoms with Crippen molar-refractivity contribution in [3.63, 3.8) is 0 Å². The van der Waals surface area contributed by atoms with E-state index in [1.54, 1.807) is 24.3 Å². The van der Waals surface area contributed by atoms with E-state index in [0.717, 1.165) is 36.4 Å². The summed E-state index contributed by atoms with van der Waals surface area (Å²) in [6.07, 6.45) is 0.399. The number of nitrogens with one attached hydrogen (secondary N) is 1. The highest BCUT2D eigenvalue weighted by Crippen LogP contribution is 2.28. The second kappa shape index (κ2) is 12.4. The number of esters is 1. The van der Waals surface area contributed by atoms with Gasteiger partial charge in [0.15, 0.2) is 23.2 Å². The molecule has 4 rings (SSSR count). The molecule has 0 fully saturated rings. The summed E-state index contributed by atoms with van der Waals surface area (Å²) in [7, 11) is 0. The predicted molar refractivity (Wildman–Crippen MR) is 143 cm³/mol. The standard InChI is InChI=1S/C29H23F4N3O5/c1-16(37)41-25-6-3-2-5-24(25)35-11-4-12-40-18-14-22(32)27(23(33)15-18)36-26(38)10-9-20(29(36)34)28(39)19-8-7-17(30)13-21(19)31/h2-3,5-10,13-15,35H,4,11-12,34H2,1H3. The minimum absolute atomic E-state index is 0.0519. The van der Waals surface area contributed by atoms with Crippen LogP contribution in [-0.4, -0.2) is 29.5 Å². The number of ether oxygens (including phenoxy) is 2. The molecule has 0 atom stereocenters. The van der Waals surface area contributed by atoms with Gasteiger partial charge in [-0.2, -0.15) is 0 Å². The fourth-order valence-electron chi connectivity index (χ4n) is 3.98. The Hall–Kier alpha value is -5.13. The van der Waals surface area contributed by atoms with Crippen molar-refractivity contribution in [1.29, 1.82) is 0 Å². The molecule has 3 aromatic carbocycles. The molecule has 4 aromatic rings. The maximum Gasteiger partial charge on any atom is 0.308 e. The van der Waals surface area contributed by atoms with Gasteiger partial charge in [-0.15, -0.1) is 0 Å². The molecule has 0 unspecified atom stereocenters. The molecule has 0 spiro atoms. The Kier molecular flexibility index (Phi) is 8.71. The molecule has 0 radical (unpaired) electrons.